The van der Waals surface area contributed by atoms with E-state index in [1.54, 1.807) is 6.26 Å². The highest BCUT2D eigenvalue weighted by Crippen LogP contribution is 2.30. The molecule has 1 saturated heterocycles. The predicted octanol–water partition coefficient (Wildman–Crippen LogP) is 0.200. The molecule has 2 heterocycles. The Kier molecular flexibility index (Phi) is 10.2. The highest BCUT2D eigenvalue weighted by Gasteiger charge is 2.52. The van der Waals surface area contributed by atoms with E-state index in [1.165, 1.54) is 18.5 Å². The summed E-state index contributed by atoms with van der Waals surface area (Å²) in [5.74, 6) is -3.83. The van der Waals surface area contributed by atoms with E-state index in [0.29, 0.717) is 0 Å². The number of thioether (sulfide) groups is 1. The van der Waals surface area contributed by atoms with Crippen LogP contribution in [0.5, 0.6) is 0 Å². The number of anilines is 1. The zero-order valence-corrected chi connectivity index (χ0v) is 22.2. The van der Waals surface area contributed by atoms with Gasteiger partial charge in [0.2, 0.25) is 0 Å². The summed E-state index contributed by atoms with van der Waals surface area (Å²) in [5.41, 5.74) is -0.937. The van der Waals surface area contributed by atoms with Gasteiger partial charge in [0.25, 0.3) is 5.56 Å². The van der Waals surface area contributed by atoms with Gasteiger partial charge in [-0.15, -0.1) is 0 Å². The predicted molar refractivity (Wildman–Crippen MR) is 127 cm³/mol. The van der Waals surface area contributed by atoms with Gasteiger partial charge in [0.1, 0.15) is 24.1 Å². The third-order valence-electron chi connectivity index (χ3n) is 5.05. The molecule has 2 rings (SSSR count). The van der Waals surface area contributed by atoms with E-state index in [9.17, 15) is 28.8 Å². The second kappa shape index (κ2) is 12.7. The summed E-state index contributed by atoms with van der Waals surface area (Å²) in [6, 6.07) is 0. The summed E-state index contributed by atoms with van der Waals surface area (Å²) in [5, 5.41) is 3.05. The Balaban J connectivity index is 2.66. The van der Waals surface area contributed by atoms with Crippen LogP contribution in [0.15, 0.2) is 9.95 Å². The highest BCUT2D eigenvalue weighted by molar-refractivity contribution is 7.98. The lowest BCUT2D eigenvalue weighted by molar-refractivity contribution is -0.247. The second-order valence-corrected chi connectivity index (χ2v) is 8.78. The average Bonchev–Trinajstić information content (AvgIpc) is 2.77. The van der Waals surface area contributed by atoms with E-state index >= 15 is 0 Å². The van der Waals surface area contributed by atoms with Crippen molar-refractivity contribution in [3.8, 4) is 0 Å². The van der Waals surface area contributed by atoms with Crippen molar-refractivity contribution >= 4 is 47.2 Å². The zero-order valence-electron chi connectivity index (χ0n) is 21.4. The summed E-state index contributed by atoms with van der Waals surface area (Å²) < 4.78 is 28.3. The molecule has 1 fully saturated rings. The molecule has 37 heavy (non-hydrogen) atoms. The van der Waals surface area contributed by atoms with Crippen LogP contribution in [0.3, 0.4) is 0 Å². The summed E-state index contributed by atoms with van der Waals surface area (Å²) >= 11 is 1.14. The van der Waals surface area contributed by atoms with Gasteiger partial charge in [-0.3, -0.25) is 33.3 Å². The molecule has 0 aromatic carbocycles. The van der Waals surface area contributed by atoms with E-state index in [-0.39, 0.29) is 16.5 Å². The van der Waals surface area contributed by atoms with Crippen LogP contribution in [0.4, 0.5) is 5.82 Å². The number of nitrogens with one attached hydrogen (secondary N) is 1. The van der Waals surface area contributed by atoms with Crippen molar-refractivity contribution in [2.24, 2.45) is 7.05 Å². The van der Waals surface area contributed by atoms with Crippen LogP contribution in [0.25, 0.3) is 0 Å². The summed E-state index contributed by atoms with van der Waals surface area (Å²) in [4.78, 5) is 76.8. The van der Waals surface area contributed by atoms with E-state index < -0.39 is 72.5 Å². The van der Waals surface area contributed by atoms with Gasteiger partial charge in [-0.1, -0.05) is 11.8 Å². The van der Waals surface area contributed by atoms with Gasteiger partial charge in [-0.25, -0.2) is 4.98 Å². The Morgan fingerprint density at radius 3 is 1.95 bits per heavy atom. The van der Waals surface area contributed by atoms with Crippen LogP contribution in [0, 0.1) is 0 Å². The van der Waals surface area contributed by atoms with Gasteiger partial charge in [-0.2, -0.15) is 0 Å². The molecule has 14 nitrogen and oxygen atoms in total. The third kappa shape index (κ3) is 7.52. The molecule has 0 radical (unpaired) electrons. The van der Waals surface area contributed by atoms with E-state index in [0.717, 1.165) is 39.5 Å². The number of ketones is 1. The molecule has 1 aliphatic heterocycles. The molecular formula is C22H29N3O11S. The van der Waals surface area contributed by atoms with Crippen LogP contribution < -0.4 is 10.9 Å². The summed E-state index contributed by atoms with van der Waals surface area (Å²) in [6.45, 7) is 5.18. The molecule has 15 heteroatoms. The lowest BCUT2D eigenvalue weighted by Gasteiger charge is -2.44. The van der Waals surface area contributed by atoms with Crippen molar-refractivity contribution in [2.45, 2.75) is 70.4 Å². The fourth-order valence-electron chi connectivity index (χ4n) is 3.67. The minimum Gasteiger partial charge on any atom is -0.463 e. The number of carbonyl (C=O) groups excluding carboxylic acids is 5. The van der Waals surface area contributed by atoms with Crippen molar-refractivity contribution in [3.63, 3.8) is 0 Å². The van der Waals surface area contributed by atoms with Crippen LogP contribution in [-0.4, -0.2) is 82.7 Å². The fraction of sp³-hybridized carbons (Fsp3) is 0.591. The van der Waals surface area contributed by atoms with Crippen molar-refractivity contribution in [1.29, 1.82) is 0 Å². The molecule has 0 saturated carbocycles. The first-order valence-corrected chi connectivity index (χ1v) is 12.2. The molecule has 0 unspecified atom stereocenters. The van der Waals surface area contributed by atoms with E-state index in [4.69, 9.17) is 23.7 Å². The fourth-order valence-corrected chi connectivity index (χ4v) is 4.21. The average molecular weight is 544 g/mol. The van der Waals surface area contributed by atoms with Crippen LogP contribution in [0.2, 0.25) is 0 Å². The van der Waals surface area contributed by atoms with Gasteiger partial charge in [0.15, 0.2) is 35.5 Å². The number of carbonyl (C=O) groups is 5. The SMILES string of the molecule is CSc1nc(N[C@@H]2O[C@H](COC(C)=O)[C@@H](OC(C)=O)[C@H](OC(C)=O)[C@H]2OC(C)=O)c(C(C)=O)c(=O)n1C. The highest BCUT2D eigenvalue weighted by atomic mass is 32.2. The summed E-state index contributed by atoms with van der Waals surface area (Å²) in [6.07, 6.45) is -5.16. The quantitative estimate of drug-likeness (QED) is 0.147. The smallest absolute Gasteiger partial charge is 0.303 e. The van der Waals surface area contributed by atoms with Crippen molar-refractivity contribution in [3.05, 3.63) is 15.9 Å². The molecule has 1 aliphatic rings. The topological polar surface area (TPSA) is 178 Å². The van der Waals surface area contributed by atoms with Gasteiger partial charge >= 0.3 is 23.9 Å². The molecule has 1 aromatic heterocycles. The van der Waals surface area contributed by atoms with Crippen LogP contribution >= 0.6 is 11.8 Å². The number of hydrogen-bond acceptors (Lipinski definition) is 14. The minimum absolute atomic E-state index is 0.180. The van der Waals surface area contributed by atoms with Crippen molar-refractivity contribution in [1.82, 2.24) is 9.55 Å². The molecule has 0 spiro atoms. The Hall–Kier alpha value is -3.46. The van der Waals surface area contributed by atoms with Gasteiger partial charge in [-0.05, 0) is 13.2 Å². The lowest BCUT2D eigenvalue weighted by Crippen LogP contribution is -2.64. The molecule has 1 N–H and O–H groups in total. The maximum atomic E-state index is 12.9. The van der Waals surface area contributed by atoms with Crippen LogP contribution in [-0.2, 0) is 49.9 Å². The number of aromatic nitrogens is 2. The lowest BCUT2D eigenvalue weighted by atomic mass is 9.97. The number of esters is 4. The molecule has 204 valence electrons. The van der Waals surface area contributed by atoms with E-state index in [1.807, 2.05) is 0 Å². The Morgan fingerprint density at radius 1 is 0.919 bits per heavy atom. The van der Waals surface area contributed by atoms with E-state index in [2.05, 4.69) is 10.3 Å². The summed E-state index contributed by atoms with van der Waals surface area (Å²) in [7, 11) is 1.45. The van der Waals surface area contributed by atoms with Crippen LogP contribution in [0.1, 0.15) is 45.0 Å². The van der Waals surface area contributed by atoms with Crippen molar-refractivity contribution in [2.75, 3.05) is 18.2 Å². The molecular weight excluding hydrogens is 514 g/mol. The first-order chi connectivity index (χ1) is 17.3. The molecule has 0 bridgehead atoms. The number of Topliss-reactive ketones (excluding diaryl/α,β-unsaturated/α-hetero) is 1. The first-order valence-electron chi connectivity index (χ1n) is 11.0. The molecule has 0 aliphatic carbocycles. The Bertz CT molecular complexity index is 1140. The normalized spacial score (nSPS) is 22.9. The molecule has 5 atom stereocenters. The standard InChI is InChI=1S/C22H29N3O11S/c1-9(26)15-19(24-22(37-7)25(6)21(15)31)23-20-18(35-13(5)30)17(34-12(4)29)16(33-11(3)28)14(36-20)8-32-10(2)27/h14,16-18,20,23H,8H2,1-7H3/t14-,16-,17+,18-,20-/m1/s1. The van der Waals surface area contributed by atoms with Gasteiger partial charge in [0.05, 0.1) is 0 Å². The number of rotatable bonds is 9. The second-order valence-electron chi connectivity index (χ2n) is 8.01. The van der Waals surface area contributed by atoms with Crippen molar-refractivity contribution < 1.29 is 47.7 Å². The molecule has 0 amide bonds. The number of hydrogen-bond donors (Lipinski definition) is 1. The molecule has 1 aromatic rings. The minimum atomic E-state index is -1.44. The van der Waals surface area contributed by atoms with Gasteiger partial charge in [0, 0.05) is 34.7 Å². The third-order valence-corrected chi connectivity index (χ3v) is 5.78. The number of ether oxygens (including phenoxy) is 5. The Labute approximate surface area is 216 Å². The maximum Gasteiger partial charge on any atom is 0.303 e. The maximum absolute atomic E-state index is 12.9. The monoisotopic (exact) mass is 543 g/mol. The number of nitrogens with zero attached hydrogens (tertiary/aromatic N) is 2. The first kappa shape index (κ1) is 29.8. The van der Waals surface area contributed by atoms with Gasteiger partial charge < -0.3 is 29.0 Å². The zero-order chi connectivity index (χ0) is 28.0. The Morgan fingerprint density at radius 2 is 1.46 bits per heavy atom. The largest absolute Gasteiger partial charge is 0.463 e.